The summed E-state index contributed by atoms with van der Waals surface area (Å²) >= 11 is 0. The van der Waals surface area contributed by atoms with Crippen LogP contribution in [0.3, 0.4) is 0 Å². The summed E-state index contributed by atoms with van der Waals surface area (Å²) in [5.74, 6) is -0.0592. The van der Waals surface area contributed by atoms with E-state index in [4.69, 9.17) is 0 Å². The molecule has 2 amide bonds. The van der Waals surface area contributed by atoms with Crippen molar-refractivity contribution >= 4 is 11.8 Å². The van der Waals surface area contributed by atoms with E-state index in [9.17, 15) is 9.59 Å². The van der Waals surface area contributed by atoms with Crippen molar-refractivity contribution in [1.82, 2.24) is 9.80 Å². The van der Waals surface area contributed by atoms with Crippen LogP contribution in [0.15, 0.2) is 30.3 Å². The average Bonchev–Trinajstić information content (AvgIpc) is 2.87. The molecule has 0 unspecified atom stereocenters. The molecule has 0 N–H and O–H groups in total. The maximum atomic E-state index is 13.0. The van der Waals surface area contributed by atoms with Gasteiger partial charge in [-0.05, 0) is 40.2 Å². The zero-order valence-electron chi connectivity index (χ0n) is 14.9. The summed E-state index contributed by atoms with van der Waals surface area (Å²) in [4.78, 5) is 28.9. The van der Waals surface area contributed by atoms with Crippen molar-refractivity contribution in [1.29, 1.82) is 0 Å². The van der Waals surface area contributed by atoms with Gasteiger partial charge in [-0.2, -0.15) is 0 Å². The third-order valence-corrected chi connectivity index (χ3v) is 4.39. The molecular formula is C19H28N2O2. The molecular weight excluding hydrogens is 288 g/mol. The maximum Gasteiger partial charge on any atom is 0.228 e. The standard InChI is InChI=1S/C19H28N2O2/c1-14(2)20(12-15-9-7-6-8-10-15)18(23)16-11-17(22)21(13-16)19(3,4)5/h6-10,14,16H,11-13H2,1-5H3/t16-/m0/s1. The van der Waals surface area contributed by atoms with Gasteiger partial charge in [-0.15, -0.1) is 0 Å². The third-order valence-electron chi connectivity index (χ3n) is 4.39. The minimum absolute atomic E-state index is 0.0827. The molecule has 1 aliphatic heterocycles. The Balaban J connectivity index is 2.12. The largest absolute Gasteiger partial charge is 0.337 e. The lowest BCUT2D eigenvalue weighted by molar-refractivity contribution is -0.138. The van der Waals surface area contributed by atoms with Crippen LogP contribution in [0, 0.1) is 5.92 Å². The Labute approximate surface area is 139 Å². The lowest BCUT2D eigenvalue weighted by atomic mass is 10.0. The topological polar surface area (TPSA) is 40.6 Å². The molecule has 1 atom stereocenters. The molecule has 4 heteroatoms. The van der Waals surface area contributed by atoms with Gasteiger partial charge in [0.2, 0.25) is 11.8 Å². The number of rotatable bonds is 4. The van der Waals surface area contributed by atoms with Crippen molar-refractivity contribution in [3.63, 3.8) is 0 Å². The molecule has 1 aromatic carbocycles. The first kappa shape index (κ1) is 17.5. The van der Waals surface area contributed by atoms with Crippen LogP contribution in [0.2, 0.25) is 0 Å². The van der Waals surface area contributed by atoms with Crippen molar-refractivity contribution in [3.8, 4) is 0 Å². The second kappa shape index (κ2) is 6.73. The van der Waals surface area contributed by atoms with Crippen LogP contribution in [0.4, 0.5) is 0 Å². The molecule has 23 heavy (non-hydrogen) atoms. The van der Waals surface area contributed by atoms with Gasteiger partial charge >= 0.3 is 0 Å². The van der Waals surface area contributed by atoms with Gasteiger partial charge in [0.1, 0.15) is 0 Å². The Kier molecular flexibility index (Phi) is 5.12. The van der Waals surface area contributed by atoms with Gasteiger partial charge < -0.3 is 9.80 Å². The van der Waals surface area contributed by atoms with Gasteiger partial charge in [0.15, 0.2) is 0 Å². The van der Waals surface area contributed by atoms with E-state index in [0.717, 1.165) is 5.56 Å². The van der Waals surface area contributed by atoms with E-state index < -0.39 is 0 Å². The average molecular weight is 316 g/mol. The van der Waals surface area contributed by atoms with E-state index in [2.05, 4.69) is 0 Å². The minimum atomic E-state index is -0.229. The first-order valence-corrected chi connectivity index (χ1v) is 8.35. The SMILES string of the molecule is CC(C)N(Cc1ccccc1)C(=O)[C@H]1CC(=O)N(C(C)(C)C)C1. The van der Waals surface area contributed by atoms with E-state index >= 15 is 0 Å². The molecule has 1 heterocycles. The number of amides is 2. The lowest BCUT2D eigenvalue weighted by Gasteiger charge is -2.33. The number of hydrogen-bond acceptors (Lipinski definition) is 2. The Bertz CT molecular complexity index is 560. The third kappa shape index (κ3) is 4.12. The normalized spacial score (nSPS) is 18.6. The molecule has 0 spiro atoms. The van der Waals surface area contributed by atoms with E-state index in [1.165, 1.54) is 0 Å². The number of nitrogens with zero attached hydrogens (tertiary/aromatic N) is 2. The fraction of sp³-hybridized carbons (Fsp3) is 0.579. The summed E-state index contributed by atoms with van der Waals surface area (Å²) in [7, 11) is 0. The molecule has 126 valence electrons. The molecule has 0 saturated carbocycles. The van der Waals surface area contributed by atoms with E-state index in [0.29, 0.717) is 19.5 Å². The monoisotopic (exact) mass is 316 g/mol. The highest BCUT2D eigenvalue weighted by molar-refractivity contribution is 5.89. The Morgan fingerprint density at radius 2 is 1.87 bits per heavy atom. The van der Waals surface area contributed by atoms with Gasteiger partial charge in [0.25, 0.3) is 0 Å². The van der Waals surface area contributed by atoms with Crippen molar-refractivity contribution < 1.29 is 9.59 Å². The van der Waals surface area contributed by atoms with Gasteiger partial charge in [-0.1, -0.05) is 30.3 Å². The summed E-state index contributed by atoms with van der Waals surface area (Å²) in [5.41, 5.74) is 0.889. The van der Waals surface area contributed by atoms with Crippen molar-refractivity contribution in [2.24, 2.45) is 5.92 Å². The predicted molar refractivity (Wildman–Crippen MR) is 91.7 cm³/mol. The highest BCUT2D eigenvalue weighted by Crippen LogP contribution is 2.28. The van der Waals surface area contributed by atoms with E-state index in [1.54, 1.807) is 0 Å². The quantitative estimate of drug-likeness (QED) is 0.856. The van der Waals surface area contributed by atoms with Crippen LogP contribution in [0.1, 0.15) is 46.6 Å². The second-order valence-electron chi connectivity index (χ2n) is 7.62. The summed E-state index contributed by atoms with van der Waals surface area (Å²) in [6.45, 7) is 11.2. The van der Waals surface area contributed by atoms with Gasteiger partial charge in [0, 0.05) is 31.1 Å². The van der Waals surface area contributed by atoms with Crippen LogP contribution in [-0.4, -0.2) is 39.7 Å². The number of benzene rings is 1. The molecule has 0 bridgehead atoms. The second-order valence-corrected chi connectivity index (χ2v) is 7.62. The zero-order chi connectivity index (χ0) is 17.2. The van der Waals surface area contributed by atoms with Crippen LogP contribution >= 0.6 is 0 Å². The Hall–Kier alpha value is -1.84. The molecule has 1 aliphatic rings. The number of hydrogen-bond donors (Lipinski definition) is 0. The lowest BCUT2D eigenvalue weighted by Crippen LogP contribution is -2.44. The van der Waals surface area contributed by atoms with E-state index in [1.807, 2.05) is 74.8 Å². The maximum absolute atomic E-state index is 13.0. The van der Waals surface area contributed by atoms with E-state index in [-0.39, 0.29) is 29.3 Å². The van der Waals surface area contributed by atoms with Crippen LogP contribution < -0.4 is 0 Å². The first-order valence-electron chi connectivity index (χ1n) is 8.35. The first-order chi connectivity index (χ1) is 10.7. The van der Waals surface area contributed by atoms with Crippen LogP contribution in [0.25, 0.3) is 0 Å². The highest BCUT2D eigenvalue weighted by atomic mass is 16.2. The summed E-state index contributed by atoms with van der Waals surface area (Å²) in [6.07, 6.45) is 0.327. The van der Waals surface area contributed by atoms with Crippen molar-refractivity contribution in [3.05, 3.63) is 35.9 Å². The number of carbonyl (C=O) groups is 2. The Morgan fingerprint density at radius 1 is 1.26 bits per heavy atom. The summed E-state index contributed by atoms with van der Waals surface area (Å²) in [5, 5.41) is 0. The van der Waals surface area contributed by atoms with Gasteiger partial charge in [-0.3, -0.25) is 9.59 Å². The molecule has 0 aromatic heterocycles. The summed E-state index contributed by atoms with van der Waals surface area (Å²) < 4.78 is 0. The number of likely N-dealkylation sites (tertiary alicyclic amines) is 1. The molecule has 1 fully saturated rings. The molecule has 0 radical (unpaired) electrons. The van der Waals surface area contributed by atoms with Crippen LogP contribution in [0.5, 0.6) is 0 Å². The number of carbonyl (C=O) groups excluding carboxylic acids is 2. The smallest absolute Gasteiger partial charge is 0.228 e. The Morgan fingerprint density at radius 3 is 2.35 bits per heavy atom. The van der Waals surface area contributed by atoms with Gasteiger partial charge in [0.05, 0.1) is 5.92 Å². The molecule has 0 aliphatic carbocycles. The molecule has 4 nitrogen and oxygen atoms in total. The van der Waals surface area contributed by atoms with Crippen molar-refractivity contribution in [2.75, 3.05) is 6.54 Å². The molecule has 1 aromatic rings. The summed E-state index contributed by atoms with van der Waals surface area (Å²) in [6, 6.07) is 10.1. The fourth-order valence-corrected chi connectivity index (χ4v) is 3.05. The van der Waals surface area contributed by atoms with Crippen LogP contribution in [-0.2, 0) is 16.1 Å². The molecule has 2 rings (SSSR count). The van der Waals surface area contributed by atoms with Crippen molar-refractivity contribution in [2.45, 2.75) is 59.2 Å². The molecule has 1 saturated heterocycles. The fourth-order valence-electron chi connectivity index (χ4n) is 3.05. The highest BCUT2D eigenvalue weighted by Gasteiger charge is 2.41. The zero-order valence-corrected chi connectivity index (χ0v) is 14.9. The minimum Gasteiger partial charge on any atom is -0.337 e. The predicted octanol–water partition coefficient (Wildman–Crippen LogP) is 3.07. The van der Waals surface area contributed by atoms with Gasteiger partial charge in [-0.25, -0.2) is 0 Å².